The molecular formula is C17H25N3O. The SMILES string of the molecule is CCCNC1CCC(N(C)c2nc3ccccc3o2)CC1. The van der Waals surface area contributed by atoms with Crippen LogP contribution in [0.4, 0.5) is 6.01 Å². The van der Waals surface area contributed by atoms with Gasteiger partial charge in [0.2, 0.25) is 0 Å². The van der Waals surface area contributed by atoms with Gasteiger partial charge in [-0.3, -0.25) is 0 Å². The van der Waals surface area contributed by atoms with Gasteiger partial charge in [-0.1, -0.05) is 19.1 Å². The number of aromatic nitrogens is 1. The van der Waals surface area contributed by atoms with Gasteiger partial charge in [0.15, 0.2) is 5.58 Å². The third kappa shape index (κ3) is 3.21. The average Bonchev–Trinajstić information content (AvgIpc) is 2.96. The second-order valence-electron chi connectivity index (χ2n) is 6.03. The minimum Gasteiger partial charge on any atom is -0.423 e. The first-order valence-electron chi connectivity index (χ1n) is 8.09. The Morgan fingerprint density at radius 3 is 2.71 bits per heavy atom. The topological polar surface area (TPSA) is 41.3 Å². The van der Waals surface area contributed by atoms with E-state index in [1.165, 1.54) is 32.1 Å². The molecule has 0 unspecified atom stereocenters. The Morgan fingerprint density at radius 1 is 1.24 bits per heavy atom. The van der Waals surface area contributed by atoms with Crippen molar-refractivity contribution in [3.8, 4) is 0 Å². The van der Waals surface area contributed by atoms with Gasteiger partial charge in [0.25, 0.3) is 6.01 Å². The molecule has 3 rings (SSSR count). The lowest BCUT2D eigenvalue weighted by atomic mass is 9.90. The first kappa shape index (κ1) is 14.4. The summed E-state index contributed by atoms with van der Waals surface area (Å²) in [6.45, 7) is 3.36. The van der Waals surface area contributed by atoms with Gasteiger partial charge in [-0.25, -0.2) is 0 Å². The fourth-order valence-electron chi connectivity index (χ4n) is 3.18. The van der Waals surface area contributed by atoms with Crippen LogP contribution in [0.1, 0.15) is 39.0 Å². The van der Waals surface area contributed by atoms with E-state index in [2.05, 4.69) is 29.2 Å². The number of nitrogens with zero attached hydrogens (tertiary/aromatic N) is 2. The summed E-state index contributed by atoms with van der Waals surface area (Å²) >= 11 is 0. The summed E-state index contributed by atoms with van der Waals surface area (Å²) in [6, 6.07) is 9.95. The normalized spacial score (nSPS) is 22.6. The van der Waals surface area contributed by atoms with Crippen LogP contribution in [0.2, 0.25) is 0 Å². The van der Waals surface area contributed by atoms with Gasteiger partial charge < -0.3 is 14.6 Å². The molecule has 1 aliphatic rings. The van der Waals surface area contributed by atoms with E-state index in [9.17, 15) is 0 Å². The lowest BCUT2D eigenvalue weighted by Crippen LogP contribution is -2.41. The first-order chi connectivity index (χ1) is 10.3. The Morgan fingerprint density at radius 2 is 2.00 bits per heavy atom. The highest BCUT2D eigenvalue weighted by atomic mass is 16.4. The molecule has 1 aromatic heterocycles. The van der Waals surface area contributed by atoms with Crippen molar-refractivity contribution in [3.63, 3.8) is 0 Å². The Hall–Kier alpha value is -1.55. The summed E-state index contributed by atoms with van der Waals surface area (Å²) in [5, 5.41) is 3.63. The molecule has 0 radical (unpaired) electrons. The maximum Gasteiger partial charge on any atom is 0.298 e. The smallest absolute Gasteiger partial charge is 0.298 e. The molecule has 0 amide bonds. The van der Waals surface area contributed by atoms with E-state index in [-0.39, 0.29) is 0 Å². The van der Waals surface area contributed by atoms with Crippen molar-refractivity contribution in [2.45, 2.75) is 51.1 Å². The number of anilines is 1. The van der Waals surface area contributed by atoms with Gasteiger partial charge >= 0.3 is 0 Å². The molecule has 0 atom stereocenters. The van der Waals surface area contributed by atoms with Gasteiger partial charge in [0.1, 0.15) is 5.52 Å². The van der Waals surface area contributed by atoms with Crippen molar-refractivity contribution in [2.75, 3.05) is 18.5 Å². The van der Waals surface area contributed by atoms with Crippen LogP contribution in [0.3, 0.4) is 0 Å². The van der Waals surface area contributed by atoms with E-state index in [1.807, 2.05) is 24.3 Å². The zero-order valence-electron chi connectivity index (χ0n) is 13.0. The highest BCUT2D eigenvalue weighted by Crippen LogP contribution is 2.28. The van der Waals surface area contributed by atoms with Crippen molar-refractivity contribution in [2.24, 2.45) is 0 Å². The zero-order chi connectivity index (χ0) is 14.7. The van der Waals surface area contributed by atoms with Crippen LogP contribution in [0.15, 0.2) is 28.7 Å². The molecule has 1 fully saturated rings. The van der Waals surface area contributed by atoms with E-state index < -0.39 is 0 Å². The summed E-state index contributed by atoms with van der Waals surface area (Å²) in [6.07, 6.45) is 6.11. The molecule has 114 valence electrons. The number of rotatable bonds is 5. The van der Waals surface area contributed by atoms with Crippen molar-refractivity contribution < 1.29 is 4.42 Å². The molecule has 0 saturated heterocycles. The standard InChI is InChI=1S/C17H25N3O/c1-3-12-18-13-8-10-14(11-9-13)20(2)17-19-15-6-4-5-7-16(15)21-17/h4-7,13-14,18H,3,8-12H2,1-2H3. The highest BCUT2D eigenvalue weighted by Gasteiger charge is 2.26. The molecule has 1 aromatic carbocycles. The van der Waals surface area contributed by atoms with Crippen LogP contribution in [0, 0.1) is 0 Å². The van der Waals surface area contributed by atoms with E-state index >= 15 is 0 Å². The highest BCUT2D eigenvalue weighted by molar-refractivity contribution is 5.74. The summed E-state index contributed by atoms with van der Waals surface area (Å²) in [5.74, 6) is 0. The van der Waals surface area contributed by atoms with Gasteiger partial charge in [-0.05, 0) is 50.8 Å². The summed E-state index contributed by atoms with van der Waals surface area (Å²) in [7, 11) is 2.11. The second-order valence-corrected chi connectivity index (χ2v) is 6.03. The Kier molecular flexibility index (Phi) is 4.44. The van der Waals surface area contributed by atoms with E-state index in [1.54, 1.807) is 0 Å². The van der Waals surface area contributed by atoms with E-state index in [0.29, 0.717) is 12.1 Å². The fourth-order valence-corrected chi connectivity index (χ4v) is 3.18. The molecule has 0 aliphatic heterocycles. The van der Waals surface area contributed by atoms with Gasteiger partial charge in [-0.15, -0.1) is 0 Å². The zero-order valence-corrected chi connectivity index (χ0v) is 13.0. The summed E-state index contributed by atoms with van der Waals surface area (Å²) in [5.41, 5.74) is 1.82. The first-order valence-corrected chi connectivity index (χ1v) is 8.09. The molecule has 4 heteroatoms. The molecule has 1 aliphatic carbocycles. The molecule has 1 saturated carbocycles. The second kappa shape index (κ2) is 6.48. The van der Waals surface area contributed by atoms with E-state index in [4.69, 9.17) is 4.42 Å². The molecule has 0 spiro atoms. The Bertz CT molecular complexity index is 539. The average molecular weight is 287 g/mol. The van der Waals surface area contributed by atoms with E-state index in [0.717, 1.165) is 23.7 Å². The van der Waals surface area contributed by atoms with Crippen LogP contribution in [-0.2, 0) is 0 Å². The third-order valence-electron chi connectivity index (χ3n) is 4.51. The summed E-state index contributed by atoms with van der Waals surface area (Å²) < 4.78 is 5.87. The fraction of sp³-hybridized carbons (Fsp3) is 0.588. The molecular weight excluding hydrogens is 262 g/mol. The number of para-hydroxylation sites is 2. The molecule has 1 heterocycles. The monoisotopic (exact) mass is 287 g/mol. The number of hydrogen-bond acceptors (Lipinski definition) is 4. The predicted octanol–water partition coefficient (Wildman–Crippen LogP) is 3.57. The van der Waals surface area contributed by atoms with Crippen molar-refractivity contribution in [1.82, 2.24) is 10.3 Å². The number of benzene rings is 1. The lowest BCUT2D eigenvalue weighted by Gasteiger charge is -2.34. The minimum atomic E-state index is 0.540. The van der Waals surface area contributed by atoms with Crippen LogP contribution in [0.25, 0.3) is 11.1 Å². The largest absolute Gasteiger partial charge is 0.423 e. The number of nitrogens with one attached hydrogen (secondary N) is 1. The molecule has 1 N–H and O–H groups in total. The quantitative estimate of drug-likeness (QED) is 0.912. The Labute approximate surface area is 126 Å². The van der Waals surface area contributed by atoms with Crippen LogP contribution >= 0.6 is 0 Å². The number of oxazole rings is 1. The lowest BCUT2D eigenvalue weighted by molar-refractivity contribution is 0.331. The number of fused-ring (bicyclic) bond motifs is 1. The molecule has 0 bridgehead atoms. The maximum absolute atomic E-state index is 5.87. The minimum absolute atomic E-state index is 0.540. The van der Waals surface area contributed by atoms with Crippen LogP contribution in [-0.4, -0.2) is 30.7 Å². The molecule has 4 nitrogen and oxygen atoms in total. The predicted molar refractivity (Wildman–Crippen MR) is 86.7 cm³/mol. The summed E-state index contributed by atoms with van der Waals surface area (Å²) in [4.78, 5) is 6.82. The molecule has 21 heavy (non-hydrogen) atoms. The van der Waals surface area contributed by atoms with Gasteiger partial charge in [0.05, 0.1) is 0 Å². The van der Waals surface area contributed by atoms with Crippen LogP contribution in [0.5, 0.6) is 0 Å². The molecule has 2 aromatic rings. The Balaban J connectivity index is 1.62. The van der Waals surface area contributed by atoms with Crippen molar-refractivity contribution >= 4 is 17.1 Å². The van der Waals surface area contributed by atoms with Gasteiger partial charge in [0, 0.05) is 19.1 Å². The number of hydrogen-bond donors (Lipinski definition) is 1. The van der Waals surface area contributed by atoms with Crippen molar-refractivity contribution in [1.29, 1.82) is 0 Å². The van der Waals surface area contributed by atoms with Crippen molar-refractivity contribution in [3.05, 3.63) is 24.3 Å². The van der Waals surface area contributed by atoms with Gasteiger partial charge in [-0.2, -0.15) is 4.98 Å². The third-order valence-corrected chi connectivity index (χ3v) is 4.51. The maximum atomic E-state index is 5.87. The van der Waals surface area contributed by atoms with Crippen LogP contribution < -0.4 is 10.2 Å².